The highest BCUT2D eigenvalue weighted by Gasteiger charge is 2.29. The summed E-state index contributed by atoms with van der Waals surface area (Å²) in [6.07, 6.45) is 2.33. The summed E-state index contributed by atoms with van der Waals surface area (Å²) in [7, 11) is 0. The molecule has 0 saturated carbocycles. The summed E-state index contributed by atoms with van der Waals surface area (Å²) in [4.78, 5) is 0. The molecular weight excluding hydrogens is 344 g/mol. The monoisotopic (exact) mass is 364 g/mol. The van der Waals surface area contributed by atoms with Crippen LogP contribution in [0.15, 0.2) is 52.7 Å². The Kier molecular flexibility index (Phi) is 7.06. The van der Waals surface area contributed by atoms with Gasteiger partial charge < -0.3 is 0 Å². The van der Waals surface area contributed by atoms with Crippen molar-refractivity contribution < 1.29 is 17.6 Å². The maximum Gasteiger partial charge on any atom is 0.416 e. The van der Waals surface area contributed by atoms with Crippen LogP contribution in [-0.2, 0) is 12.6 Å². The van der Waals surface area contributed by atoms with Crippen LogP contribution in [0.4, 0.5) is 17.6 Å². The smallest absolute Gasteiger partial charge is 0.206 e. The van der Waals surface area contributed by atoms with Gasteiger partial charge in [0.05, 0.1) is 18.0 Å². The standard InChI is InChI=1S/C20H20F4N2/c1-2-3-4-5-15-6-9-17(19(21)12-15)14-26-25-13-16-7-10-18(11-8-16)20(22,23)24/h6-14H,2-5H2,1H3/b25-13+,26-14+. The molecule has 0 radical (unpaired) electrons. The number of unbranched alkanes of at least 4 members (excludes halogenated alkanes) is 2. The molecule has 2 rings (SSSR count). The predicted molar refractivity (Wildman–Crippen MR) is 96.3 cm³/mol. The fourth-order valence-corrected chi connectivity index (χ4v) is 2.36. The maximum absolute atomic E-state index is 14.0. The second-order valence-corrected chi connectivity index (χ2v) is 5.92. The van der Waals surface area contributed by atoms with Crippen molar-refractivity contribution in [2.45, 2.75) is 38.8 Å². The number of hydrogen-bond donors (Lipinski definition) is 0. The highest BCUT2D eigenvalue weighted by molar-refractivity contribution is 5.82. The van der Waals surface area contributed by atoms with Gasteiger partial charge in [0.15, 0.2) is 0 Å². The fraction of sp³-hybridized carbons (Fsp3) is 0.300. The van der Waals surface area contributed by atoms with E-state index in [4.69, 9.17) is 0 Å². The lowest BCUT2D eigenvalue weighted by molar-refractivity contribution is -0.137. The fourth-order valence-electron chi connectivity index (χ4n) is 2.36. The molecule has 138 valence electrons. The topological polar surface area (TPSA) is 24.7 Å². The molecule has 0 heterocycles. The third-order valence-electron chi connectivity index (χ3n) is 3.84. The molecule has 0 saturated heterocycles. The summed E-state index contributed by atoms with van der Waals surface area (Å²) in [6.45, 7) is 2.12. The average molecular weight is 364 g/mol. The van der Waals surface area contributed by atoms with Crippen LogP contribution < -0.4 is 0 Å². The van der Waals surface area contributed by atoms with E-state index >= 15 is 0 Å². The molecule has 0 fully saturated rings. The van der Waals surface area contributed by atoms with Crippen molar-refractivity contribution in [2.24, 2.45) is 10.2 Å². The first kappa shape index (κ1) is 19.8. The zero-order valence-electron chi connectivity index (χ0n) is 14.4. The summed E-state index contributed by atoms with van der Waals surface area (Å²) in [6, 6.07) is 9.55. The molecule has 0 atom stereocenters. The second kappa shape index (κ2) is 9.27. The number of halogens is 4. The van der Waals surface area contributed by atoms with Gasteiger partial charge in [-0.2, -0.15) is 23.4 Å². The normalized spacial score (nSPS) is 12.3. The van der Waals surface area contributed by atoms with Crippen LogP contribution in [0, 0.1) is 5.82 Å². The van der Waals surface area contributed by atoms with Crippen molar-refractivity contribution in [3.05, 3.63) is 70.5 Å². The van der Waals surface area contributed by atoms with E-state index in [9.17, 15) is 17.6 Å². The Bertz CT molecular complexity index is 762. The molecule has 0 amide bonds. The van der Waals surface area contributed by atoms with E-state index in [0.29, 0.717) is 11.1 Å². The summed E-state index contributed by atoms with van der Waals surface area (Å²) in [5.74, 6) is -0.368. The van der Waals surface area contributed by atoms with E-state index in [1.165, 1.54) is 30.6 Å². The first-order valence-electron chi connectivity index (χ1n) is 8.42. The van der Waals surface area contributed by atoms with Gasteiger partial charge in [-0.05, 0) is 42.2 Å². The number of alkyl halides is 3. The van der Waals surface area contributed by atoms with Crippen LogP contribution in [0.5, 0.6) is 0 Å². The molecule has 0 aromatic heterocycles. The quantitative estimate of drug-likeness (QED) is 0.248. The largest absolute Gasteiger partial charge is 0.416 e. The van der Waals surface area contributed by atoms with Gasteiger partial charge in [-0.15, -0.1) is 0 Å². The minimum absolute atomic E-state index is 0.314. The van der Waals surface area contributed by atoms with Gasteiger partial charge in [0.1, 0.15) is 5.82 Å². The molecule has 26 heavy (non-hydrogen) atoms. The van der Waals surface area contributed by atoms with Crippen molar-refractivity contribution >= 4 is 12.4 Å². The average Bonchev–Trinajstić information content (AvgIpc) is 2.60. The molecule has 0 aliphatic rings. The van der Waals surface area contributed by atoms with Crippen LogP contribution in [0.25, 0.3) is 0 Å². The van der Waals surface area contributed by atoms with Gasteiger partial charge in [0, 0.05) is 5.56 Å². The molecule has 2 nitrogen and oxygen atoms in total. The van der Waals surface area contributed by atoms with Crippen molar-refractivity contribution in [1.82, 2.24) is 0 Å². The van der Waals surface area contributed by atoms with E-state index in [1.54, 1.807) is 6.07 Å². The molecule has 0 bridgehead atoms. The second-order valence-electron chi connectivity index (χ2n) is 5.92. The third kappa shape index (κ3) is 6.10. The first-order valence-corrected chi connectivity index (χ1v) is 8.42. The van der Waals surface area contributed by atoms with E-state index in [-0.39, 0.29) is 5.82 Å². The molecule has 2 aromatic rings. The van der Waals surface area contributed by atoms with Crippen LogP contribution in [-0.4, -0.2) is 12.4 Å². The van der Waals surface area contributed by atoms with Gasteiger partial charge in [0.2, 0.25) is 0 Å². The molecular formula is C20H20F4N2. The molecule has 0 unspecified atom stereocenters. The summed E-state index contributed by atoms with van der Waals surface area (Å²) in [5, 5.41) is 7.51. The Morgan fingerprint density at radius 1 is 0.923 bits per heavy atom. The molecule has 2 aromatic carbocycles. The minimum Gasteiger partial charge on any atom is -0.206 e. The number of nitrogens with zero attached hydrogens (tertiary/aromatic N) is 2. The molecule has 0 aliphatic heterocycles. The summed E-state index contributed by atoms with van der Waals surface area (Å²) < 4.78 is 51.4. The lowest BCUT2D eigenvalue weighted by Crippen LogP contribution is -2.04. The minimum atomic E-state index is -4.37. The van der Waals surface area contributed by atoms with Crippen molar-refractivity contribution in [2.75, 3.05) is 0 Å². The van der Waals surface area contributed by atoms with Crippen molar-refractivity contribution in [3.8, 4) is 0 Å². The molecule has 0 N–H and O–H groups in total. The van der Waals surface area contributed by atoms with E-state index < -0.39 is 11.7 Å². The van der Waals surface area contributed by atoms with Crippen molar-refractivity contribution in [3.63, 3.8) is 0 Å². The van der Waals surface area contributed by atoms with Gasteiger partial charge >= 0.3 is 6.18 Å². The summed E-state index contributed by atoms with van der Waals surface area (Å²) in [5.41, 5.74) is 1.01. The number of hydrogen-bond acceptors (Lipinski definition) is 2. The van der Waals surface area contributed by atoms with Crippen LogP contribution >= 0.6 is 0 Å². The van der Waals surface area contributed by atoms with Gasteiger partial charge in [-0.25, -0.2) is 4.39 Å². The third-order valence-corrected chi connectivity index (χ3v) is 3.84. The van der Waals surface area contributed by atoms with E-state index in [0.717, 1.165) is 43.4 Å². The molecule has 0 spiro atoms. The van der Waals surface area contributed by atoms with E-state index in [1.807, 2.05) is 6.07 Å². The SMILES string of the molecule is CCCCCc1ccc(/C=N/N=C/c2ccc(C(F)(F)F)cc2)c(F)c1. The number of rotatable bonds is 7. The van der Waals surface area contributed by atoms with Crippen LogP contribution in [0.2, 0.25) is 0 Å². The Labute approximate surface area is 150 Å². The van der Waals surface area contributed by atoms with Gasteiger partial charge in [0.25, 0.3) is 0 Å². The predicted octanol–water partition coefficient (Wildman–Crippen LogP) is 6.03. The van der Waals surface area contributed by atoms with Gasteiger partial charge in [-0.1, -0.05) is 44.0 Å². The van der Waals surface area contributed by atoms with Crippen LogP contribution in [0.3, 0.4) is 0 Å². The molecule has 0 aliphatic carbocycles. The van der Waals surface area contributed by atoms with E-state index in [2.05, 4.69) is 17.1 Å². The Morgan fingerprint density at radius 3 is 2.23 bits per heavy atom. The molecule has 6 heteroatoms. The van der Waals surface area contributed by atoms with Crippen LogP contribution in [0.1, 0.15) is 48.4 Å². The highest BCUT2D eigenvalue weighted by atomic mass is 19.4. The Balaban J connectivity index is 1.96. The first-order chi connectivity index (χ1) is 12.4. The Morgan fingerprint density at radius 2 is 1.62 bits per heavy atom. The van der Waals surface area contributed by atoms with Gasteiger partial charge in [-0.3, -0.25) is 0 Å². The van der Waals surface area contributed by atoms with Crippen molar-refractivity contribution in [1.29, 1.82) is 0 Å². The number of aryl methyl sites for hydroxylation is 1. The summed E-state index contributed by atoms with van der Waals surface area (Å²) >= 11 is 0. The lowest BCUT2D eigenvalue weighted by Gasteiger charge is -2.05. The number of benzene rings is 2. The maximum atomic E-state index is 14.0. The highest BCUT2D eigenvalue weighted by Crippen LogP contribution is 2.28. The lowest BCUT2D eigenvalue weighted by atomic mass is 10.1. The Hall–Kier alpha value is -2.50. The zero-order chi connectivity index (χ0) is 19.0. The zero-order valence-corrected chi connectivity index (χ0v) is 14.4.